The maximum atomic E-state index is 5.76. The van der Waals surface area contributed by atoms with Gasteiger partial charge in [0.2, 0.25) is 0 Å². The lowest BCUT2D eigenvalue weighted by molar-refractivity contribution is 0.168. The largest absolute Gasteiger partial charge is 0.493 e. The summed E-state index contributed by atoms with van der Waals surface area (Å²) in [5.41, 5.74) is 1.19. The van der Waals surface area contributed by atoms with Crippen LogP contribution in [-0.4, -0.2) is 18.7 Å². The quantitative estimate of drug-likeness (QED) is 0.520. The second kappa shape index (κ2) is 3.36. The summed E-state index contributed by atoms with van der Waals surface area (Å²) in [7, 11) is 1.90. The highest BCUT2D eigenvalue weighted by Crippen LogP contribution is 2.33. The van der Waals surface area contributed by atoms with Crippen molar-refractivity contribution < 1.29 is 4.74 Å². The molecule has 0 saturated heterocycles. The van der Waals surface area contributed by atoms with E-state index in [4.69, 9.17) is 10.6 Å². The van der Waals surface area contributed by atoms with Crippen LogP contribution < -0.4 is 10.6 Å². The number of hydrogen-bond donors (Lipinski definition) is 1. The van der Waals surface area contributed by atoms with Crippen molar-refractivity contribution >= 4 is 0 Å². The number of benzene rings is 1. The second-order valence-corrected chi connectivity index (χ2v) is 3.36. The Morgan fingerprint density at radius 2 is 2.23 bits per heavy atom. The first-order valence-electron chi connectivity index (χ1n) is 4.48. The van der Waals surface area contributed by atoms with E-state index in [9.17, 15) is 0 Å². The average Bonchev–Trinajstić information content (AvgIpc) is 2.17. The molecule has 1 aromatic rings. The van der Waals surface area contributed by atoms with Crippen LogP contribution in [0.1, 0.15) is 18.0 Å². The second-order valence-electron chi connectivity index (χ2n) is 3.36. The number of para-hydroxylation sites is 1. The van der Waals surface area contributed by atoms with Gasteiger partial charge in [0, 0.05) is 19.0 Å². The molecule has 1 aliphatic rings. The summed E-state index contributed by atoms with van der Waals surface area (Å²) < 4.78 is 5.52. The molecule has 2 rings (SSSR count). The lowest BCUT2D eigenvalue weighted by atomic mass is 10.0. The maximum Gasteiger partial charge on any atom is 0.124 e. The number of ether oxygens (including phenoxy) is 1. The van der Waals surface area contributed by atoms with Gasteiger partial charge in [-0.3, -0.25) is 5.84 Å². The van der Waals surface area contributed by atoms with Crippen LogP contribution in [0.5, 0.6) is 5.75 Å². The van der Waals surface area contributed by atoms with Gasteiger partial charge in [0.1, 0.15) is 5.75 Å². The average molecular weight is 178 g/mol. The lowest BCUT2D eigenvalue weighted by Gasteiger charge is -2.30. The lowest BCUT2D eigenvalue weighted by Crippen LogP contribution is -2.34. The van der Waals surface area contributed by atoms with Gasteiger partial charge in [-0.05, 0) is 6.07 Å². The van der Waals surface area contributed by atoms with E-state index in [0.717, 1.165) is 18.8 Å². The number of rotatable bonds is 1. The highest BCUT2D eigenvalue weighted by Gasteiger charge is 2.22. The minimum atomic E-state index is 0.296. The Morgan fingerprint density at radius 1 is 1.46 bits per heavy atom. The molecule has 0 spiro atoms. The molecule has 3 nitrogen and oxygen atoms in total. The highest BCUT2D eigenvalue weighted by atomic mass is 16.5. The predicted octanol–water partition coefficient (Wildman–Crippen LogP) is 1.32. The summed E-state index contributed by atoms with van der Waals surface area (Å²) >= 11 is 0. The molecule has 0 bridgehead atoms. The fourth-order valence-corrected chi connectivity index (χ4v) is 1.75. The van der Waals surface area contributed by atoms with Crippen LogP contribution in [0, 0.1) is 0 Å². The third-order valence-corrected chi connectivity index (χ3v) is 2.42. The molecule has 0 aliphatic carbocycles. The zero-order chi connectivity index (χ0) is 9.26. The molecule has 1 unspecified atom stereocenters. The van der Waals surface area contributed by atoms with E-state index in [-0.39, 0.29) is 0 Å². The molecule has 1 heterocycles. The summed E-state index contributed by atoms with van der Waals surface area (Å²) in [6, 6.07) is 8.36. The number of nitrogens with two attached hydrogens (primary N) is 1. The minimum Gasteiger partial charge on any atom is -0.493 e. The summed E-state index contributed by atoms with van der Waals surface area (Å²) in [6.45, 7) is 0.753. The van der Waals surface area contributed by atoms with Crippen LogP contribution in [-0.2, 0) is 0 Å². The summed E-state index contributed by atoms with van der Waals surface area (Å²) in [4.78, 5) is 0. The Balaban J connectivity index is 2.37. The number of hydrazine groups is 1. The van der Waals surface area contributed by atoms with E-state index in [2.05, 4.69) is 6.07 Å². The molecule has 0 saturated carbocycles. The molecule has 1 aliphatic heterocycles. The van der Waals surface area contributed by atoms with Gasteiger partial charge in [-0.15, -0.1) is 0 Å². The molecule has 0 fully saturated rings. The van der Waals surface area contributed by atoms with E-state index in [1.165, 1.54) is 5.56 Å². The molecule has 1 aromatic carbocycles. The number of hydrogen-bond acceptors (Lipinski definition) is 3. The first-order chi connectivity index (χ1) is 6.29. The predicted molar refractivity (Wildman–Crippen MR) is 51.2 cm³/mol. The molecule has 2 N–H and O–H groups in total. The SMILES string of the molecule is CN(N)C1CCOc2ccccc21. The van der Waals surface area contributed by atoms with Crippen LogP contribution in [0.25, 0.3) is 0 Å². The molecule has 70 valence electrons. The zero-order valence-electron chi connectivity index (χ0n) is 7.73. The van der Waals surface area contributed by atoms with Gasteiger partial charge in [-0.25, -0.2) is 5.01 Å². The highest BCUT2D eigenvalue weighted by molar-refractivity contribution is 5.37. The van der Waals surface area contributed by atoms with E-state index in [1.807, 2.05) is 25.2 Å². The fraction of sp³-hybridized carbons (Fsp3) is 0.400. The number of fused-ring (bicyclic) bond motifs is 1. The fourth-order valence-electron chi connectivity index (χ4n) is 1.75. The third-order valence-electron chi connectivity index (χ3n) is 2.42. The molecule has 13 heavy (non-hydrogen) atoms. The van der Waals surface area contributed by atoms with Crippen molar-refractivity contribution in [2.45, 2.75) is 12.5 Å². The standard InChI is InChI=1S/C10H14N2O/c1-12(11)9-6-7-13-10-5-3-2-4-8(9)10/h2-5,9H,6-7,11H2,1H3. The van der Waals surface area contributed by atoms with Gasteiger partial charge in [0.05, 0.1) is 12.6 Å². The van der Waals surface area contributed by atoms with Crippen molar-refractivity contribution in [2.24, 2.45) is 5.84 Å². The van der Waals surface area contributed by atoms with E-state index in [0.29, 0.717) is 6.04 Å². The van der Waals surface area contributed by atoms with Crippen molar-refractivity contribution in [1.29, 1.82) is 0 Å². The van der Waals surface area contributed by atoms with Gasteiger partial charge >= 0.3 is 0 Å². The van der Waals surface area contributed by atoms with Crippen LogP contribution in [0.2, 0.25) is 0 Å². The molecule has 0 aromatic heterocycles. The maximum absolute atomic E-state index is 5.76. The van der Waals surface area contributed by atoms with Crippen molar-refractivity contribution in [3.8, 4) is 5.75 Å². The van der Waals surface area contributed by atoms with Crippen molar-refractivity contribution in [1.82, 2.24) is 5.01 Å². The molecular weight excluding hydrogens is 164 g/mol. The molecule has 0 amide bonds. The Labute approximate surface area is 78.1 Å². The van der Waals surface area contributed by atoms with Gasteiger partial charge in [-0.1, -0.05) is 18.2 Å². The molecular formula is C10H14N2O. The zero-order valence-corrected chi connectivity index (χ0v) is 7.73. The van der Waals surface area contributed by atoms with Gasteiger partial charge in [0.15, 0.2) is 0 Å². The molecule has 0 radical (unpaired) electrons. The third kappa shape index (κ3) is 1.53. The van der Waals surface area contributed by atoms with Crippen LogP contribution in [0.3, 0.4) is 0 Å². The topological polar surface area (TPSA) is 38.5 Å². The van der Waals surface area contributed by atoms with E-state index >= 15 is 0 Å². The summed E-state index contributed by atoms with van der Waals surface area (Å²) in [5.74, 6) is 6.73. The van der Waals surface area contributed by atoms with Crippen LogP contribution in [0.15, 0.2) is 24.3 Å². The van der Waals surface area contributed by atoms with Gasteiger partial charge in [0.25, 0.3) is 0 Å². The van der Waals surface area contributed by atoms with Crippen LogP contribution in [0.4, 0.5) is 0 Å². The number of nitrogens with zero attached hydrogens (tertiary/aromatic N) is 1. The van der Waals surface area contributed by atoms with Gasteiger partial charge in [-0.2, -0.15) is 0 Å². The first kappa shape index (κ1) is 8.53. The molecule has 3 heteroatoms. The van der Waals surface area contributed by atoms with E-state index < -0.39 is 0 Å². The Kier molecular flexibility index (Phi) is 2.20. The summed E-state index contributed by atoms with van der Waals surface area (Å²) in [5, 5.41) is 1.75. The Hall–Kier alpha value is -1.06. The van der Waals surface area contributed by atoms with E-state index in [1.54, 1.807) is 5.01 Å². The summed E-state index contributed by atoms with van der Waals surface area (Å²) in [6.07, 6.45) is 0.962. The monoisotopic (exact) mass is 178 g/mol. The van der Waals surface area contributed by atoms with Gasteiger partial charge < -0.3 is 4.74 Å². The van der Waals surface area contributed by atoms with Crippen molar-refractivity contribution in [2.75, 3.05) is 13.7 Å². The first-order valence-corrected chi connectivity index (χ1v) is 4.48. The normalized spacial score (nSPS) is 21.0. The van der Waals surface area contributed by atoms with Crippen molar-refractivity contribution in [3.05, 3.63) is 29.8 Å². The minimum absolute atomic E-state index is 0.296. The smallest absolute Gasteiger partial charge is 0.124 e. The van der Waals surface area contributed by atoms with Crippen LogP contribution >= 0.6 is 0 Å². The Morgan fingerprint density at radius 3 is 3.00 bits per heavy atom. The Bertz CT molecular complexity index is 299. The van der Waals surface area contributed by atoms with Crippen molar-refractivity contribution in [3.63, 3.8) is 0 Å². The molecule has 1 atom stereocenters.